The molecule has 3 aromatic rings. The largest absolute Gasteiger partial charge is 0.485 e. The lowest BCUT2D eigenvalue weighted by molar-refractivity contribution is -0.137. The third kappa shape index (κ3) is 7.78. The molecule has 1 aliphatic rings. The van der Waals surface area contributed by atoms with Crippen molar-refractivity contribution in [1.82, 2.24) is 9.80 Å². The lowest BCUT2D eigenvalue weighted by Gasteiger charge is -2.38. The van der Waals surface area contributed by atoms with Gasteiger partial charge in [0.1, 0.15) is 6.10 Å². The van der Waals surface area contributed by atoms with Crippen LogP contribution in [0.15, 0.2) is 72.8 Å². The van der Waals surface area contributed by atoms with Crippen LogP contribution in [-0.2, 0) is 6.18 Å². The molecule has 0 saturated carbocycles. The van der Waals surface area contributed by atoms with Crippen molar-refractivity contribution in [1.29, 1.82) is 0 Å². The number of halogens is 3. The molecule has 0 aliphatic carbocycles. The number of amides is 5. The van der Waals surface area contributed by atoms with E-state index in [1.807, 2.05) is 13.0 Å². The first-order valence-electron chi connectivity index (χ1n) is 13.9. The smallest absolute Gasteiger partial charge is 0.416 e. The molecule has 0 spiro atoms. The van der Waals surface area contributed by atoms with Gasteiger partial charge in [-0.15, -0.1) is 0 Å². The summed E-state index contributed by atoms with van der Waals surface area (Å²) in [6.45, 7) is 3.48. The number of urea groups is 2. The third-order valence-corrected chi connectivity index (χ3v) is 7.24. The van der Waals surface area contributed by atoms with E-state index in [0.717, 1.165) is 24.3 Å². The summed E-state index contributed by atoms with van der Waals surface area (Å²) in [5, 5.41) is 17.9. The van der Waals surface area contributed by atoms with Gasteiger partial charge in [-0.2, -0.15) is 13.2 Å². The number of rotatable bonds is 7. The minimum absolute atomic E-state index is 0.0210. The molecule has 4 rings (SSSR count). The van der Waals surface area contributed by atoms with Crippen LogP contribution in [0.3, 0.4) is 0 Å². The van der Waals surface area contributed by atoms with Gasteiger partial charge >= 0.3 is 18.2 Å². The summed E-state index contributed by atoms with van der Waals surface area (Å²) in [5.41, 5.74) is 0.276. The molecule has 4 N–H and O–H groups in total. The molecule has 0 bridgehead atoms. The van der Waals surface area contributed by atoms with Gasteiger partial charge in [-0.3, -0.25) is 4.79 Å². The lowest BCUT2D eigenvalue weighted by atomic mass is 9.99. The van der Waals surface area contributed by atoms with E-state index in [1.165, 1.54) is 16.8 Å². The Balaban J connectivity index is 1.58. The first kappa shape index (κ1) is 32.1. The van der Waals surface area contributed by atoms with Crippen LogP contribution < -0.4 is 20.7 Å². The highest BCUT2D eigenvalue weighted by molar-refractivity contribution is 6.04. The van der Waals surface area contributed by atoms with Crippen molar-refractivity contribution in [2.75, 3.05) is 42.7 Å². The second-order valence-electron chi connectivity index (χ2n) is 10.6. The third-order valence-electron chi connectivity index (χ3n) is 7.24. The minimum Gasteiger partial charge on any atom is -0.485 e. The maximum absolute atomic E-state index is 13.7. The average molecular weight is 614 g/mol. The molecule has 10 nitrogen and oxygen atoms in total. The molecule has 0 fully saturated rings. The van der Waals surface area contributed by atoms with E-state index in [4.69, 9.17) is 4.74 Å². The second-order valence-corrected chi connectivity index (χ2v) is 10.6. The molecule has 1 heterocycles. The van der Waals surface area contributed by atoms with Crippen LogP contribution in [0.4, 0.5) is 39.8 Å². The average Bonchev–Trinajstić information content (AvgIpc) is 2.99. The summed E-state index contributed by atoms with van der Waals surface area (Å²) in [6, 6.07) is 15.9. The summed E-state index contributed by atoms with van der Waals surface area (Å²) in [6.07, 6.45) is -5.20. The standard InChI is InChI=1S/C31H34F3N5O5/c1-19-16-39(20(2)18-40)28(41)24-10-7-11-25(37-29(42)35-22-8-5-4-6-9-22)27(24)44-26(19)17-38(3)30(43)36-23-14-12-21(13-15-23)31(32,33)34/h4-15,19-20,26,40H,16-18H2,1-3H3,(H,36,43)(H2,35,37,42)/t19-,20-,26-/m1/s1. The number of carbonyl (C=O) groups excluding carboxylic acids is 3. The van der Waals surface area contributed by atoms with E-state index in [2.05, 4.69) is 16.0 Å². The van der Waals surface area contributed by atoms with E-state index in [-0.39, 0.29) is 48.3 Å². The summed E-state index contributed by atoms with van der Waals surface area (Å²) >= 11 is 0. The minimum atomic E-state index is -4.50. The fourth-order valence-electron chi connectivity index (χ4n) is 4.68. The van der Waals surface area contributed by atoms with E-state index < -0.39 is 41.9 Å². The monoisotopic (exact) mass is 613 g/mol. The van der Waals surface area contributed by atoms with Gasteiger partial charge in [-0.25, -0.2) is 9.59 Å². The van der Waals surface area contributed by atoms with Crippen LogP contribution in [0, 0.1) is 5.92 Å². The van der Waals surface area contributed by atoms with Gasteiger partial charge in [0.15, 0.2) is 5.75 Å². The van der Waals surface area contributed by atoms with Crippen molar-refractivity contribution in [3.8, 4) is 5.75 Å². The number of alkyl halides is 3. The topological polar surface area (TPSA) is 123 Å². The van der Waals surface area contributed by atoms with Crippen molar-refractivity contribution < 1.29 is 37.4 Å². The molecular formula is C31H34F3N5O5. The number of hydrogen-bond donors (Lipinski definition) is 4. The highest BCUT2D eigenvalue weighted by Crippen LogP contribution is 2.35. The zero-order valence-electron chi connectivity index (χ0n) is 24.4. The fourth-order valence-corrected chi connectivity index (χ4v) is 4.68. The normalized spacial score (nSPS) is 17.3. The maximum Gasteiger partial charge on any atom is 0.416 e. The van der Waals surface area contributed by atoms with Crippen molar-refractivity contribution in [2.45, 2.75) is 32.2 Å². The molecular weight excluding hydrogens is 579 g/mol. The molecule has 0 aromatic heterocycles. The summed E-state index contributed by atoms with van der Waals surface area (Å²) in [7, 11) is 1.51. The highest BCUT2D eigenvalue weighted by Gasteiger charge is 2.35. The van der Waals surface area contributed by atoms with E-state index in [9.17, 15) is 32.7 Å². The Kier molecular flexibility index (Phi) is 9.99. The number of para-hydroxylation sites is 2. The van der Waals surface area contributed by atoms with Crippen LogP contribution in [0.5, 0.6) is 5.75 Å². The molecule has 1 aliphatic heterocycles. The highest BCUT2D eigenvalue weighted by atomic mass is 19.4. The zero-order valence-corrected chi connectivity index (χ0v) is 24.4. The summed E-state index contributed by atoms with van der Waals surface area (Å²) in [5.74, 6) is -0.648. The Labute approximate surface area is 252 Å². The molecule has 3 aromatic carbocycles. The number of nitrogens with zero attached hydrogens (tertiary/aromatic N) is 2. The molecule has 5 amide bonds. The summed E-state index contributed by atoms with van der Waals surface area (Å²) < 4.78 is 45.2. The first-order chi connectivity index (χ1) is 20.9. The van der Waals surface area contributed by atoms with Crippen molar-refractivity contribution in [3.05, 3.63) is 83.9 Å². The Morgan fingerprint density at radius 3 is 2.30 bits per heavy atom. The predicted molar refractivity (Wildman–Crippen MR) is 160 cm³/mol. The van der Waals surface area contributed by atoms with Gasteiger partial charge < -0.3 is 35.6 Å². The fraction of sp³-hybridized carbons (Fsp3) is 0.323. The van der Waals surface area contributed by atoms with Gasteiger partial charge in [0.2, 0.25) is 0 Å². The molecule has 13 heteroatoms. The maximum atomic E-state index is 13.7. The number of anilines is 3. The molecule has 234 valence electrons. The van der Waals surface area contributed by atoms with Crippen LogP contribution >= 0.6 is 0 Å². The van der Waals surface area contributed by atoms with Crippen LogP contribution in [0.25, 0.3) is 0 Å². The zero-order chi connectivity index (χ0) is 32.0. The SMILES string of the molecule is C[C@@H]1CN([C@H](C)CO)C(=O)c2cccc(NC(=O)Nc3ccccc3)c2O[C@@H]1CN(C)C(=O)Nc1ccc(C(F)(F)F)cc1. The Bertz CT molecular complexity index is 1470. The van der Waals surface area contributed by atoms with Crippen molar-refractivity contribution >= 4 is 35.0 Å². The van der Waals surface area contributed by atoms with E-state index >= 15 is 0 Å². The molecule has 0 saturated heterocycles. The predicted octanol–water partition coefficient (Wildman–Crippen LogP) is 5.73. The molecule has 3 atom stereocenters. The van der Waals surface area contributed by atoms with Crippen molar-refractivity contribution in [3.63, 3.8) is 0 Å². The number of aliphatic hydroxyl groups is 1. The number of benzene rings is 3. The number of likely N-dealkylation sites (N-methyl/N-ethyl adjacent to an activating group) is 1. The number of fused-ring (bicyclic) bond motifs is 1. The van der Waals surface area contributed by atoms with Crippen LogP contribution in [0.2, 0.25) is 0 Å². The molecule has 0 radical (unpaired) electrons. The van der Waals surface area contributed by atoms with Gasteiger partial charge in [-0.05, 0) is 55.5 Å². The van der Waals surface area contributed by atoms with Gasteiger partial charge in [0, 0.05) is 30.9 Å². The van der Waals surface area contributed by atoms with E-state index in [0.29, 0.717) is 5.69 Å². The lowest BCUT2D eigenvalue weighted by Crippen LogP contribution is -2.50. The number of ether oxygens (including phenoxy) is 1. The van der Waals surface area contributed by atoms with E-state index in [1.54, 1.807) is 49.4 Å². The quantitative estimate of drug-likeness (QED) is 0.271. The second kappa shape index (κ2) is 13.7. The van der Waals surface area contributed by atoms with Gasteiger partial charge in [-0.1, -0.05) is 31.2 Å². The molecule has 44 heavy (non-hydrogen) atoms. The Hall–Kier alpha value is -4.78. The van der Waals surface area contributed by atoms with Crippen molar-refractivity contribution in [2.24, 2.45) is 5.92 Å². The summed E-state index contributed by atoms with van der Waals surface area (Å²) in [4.78, 5) is 42.4. The first-order valence-corrected chi connectivity index (χ1v) is 13.9. The number of nitrogens with one attached hydrogen (secondary N) is 3. The number of carbonyl (C=O) groups is 3. The van der Waals surface area contributed by atoms with Crippen LogP contribution in [0.1, 0.15) is 29.8 Å². The Morgan fingerprint density at radius 1 is 1.00 bits per heavy atom. The van der Waals surface area contributed by atoms with Crippen LogP contribution in [-0.4, -0.2) is 71.8 Å². The molecule has 0 unspecified atom stereocenters. The number of hydrogen-bond acceptors (Lipinski definition) is 5. The van der Waals surface area contributed by atoms with Gasteiger partial charge in [0.05, 0.1) is 36.0 Å². The number of aliphatic hydroxyl groups excluding tert-OH is 1. The van der Waals surface area contributed by atoms with Gasteiger partial charge in [0.25, 0.3) is 5.91 Å². The Morgan fingerprint density at radius 2 is 1.66 bits per heavy atom.